The third-order valence-electron chi connectivity index (χ3n) is 10.1. The SMILES string of the molecule is C=CCCC(=O)NC[C@@H](OC(=O)[C@@H]1[C@H]2C(=O)N([C@H](CO)c3ccccc3)[C@H](C(=O)N(CC=C)c3ccc(Cl)cc3)[C@]23CC[C@H]1O3)c1ccccc1. The molecule has 10 nitrogen and oxygen atoms in total. The molecule has 3 aliphatic heterocycles. The molecule has 266 valence electrons. The van der Waals surface area contributed by atoms with Crippen molar-refractivity contribution in [3.63, 3.8) is 0 Å². The van der Waals surface area contributed by atoms with E-state index < -0.39 is 66.1 Å². The molecule has 3 aromatic rings. The first-order valence-electron chi connectivity index (χ1n) is 17.2. The lowest BCUT2D eigenvalue weighted by molar-refractivity contribution is -0.161. The van der Waals surface area contributed by atoms with E-state index in [0.717, 1.165) is 0 Å². The minimum atomic E-state index is -1.36. The molecule has 7 atom stereocenters. The number of likely N-dealkylation sites (tertiary alicyclic amines) is 1. The van der Waals surface area contributed by atoms with Crippen LogP contribution in [0.2, 0.25) is 5.02 Å². The normalized spacial score (nSPS) is 24.4. The Balaban J connectivity index is 1.37. The summed E-state index contributed by atoms with van der Waals surface area (Å²) < 4.78 is 12.8. The molecule has 6 rings (SSSR count). The van der Waals surface area contributed by atoms with Crippen LogP contribution in [0.5, 0.6) is 0 Å². The van der Waals surface area contributed by atoms with E-state index in [2.05, 4.69) is 18.5 Å². The maximum Gasteiger partial charge on any atom is 0.313 e. The second kappa shape index (κ2) is 15.6. The fourth-order valence-corrected chi connectivity index (χ4v) is 7.99. The van der Waals surface area contributed by atoms with Crippen LogP contribution in [0.3, 0.4) is 0 Å². The molecule has 2 N–H and O–H groups in total. The van der Waals surface area contributed by atoms with Crippen LogP contribution < -0.4 is 10.2 Å². The minimum absolute atomic E-state index is 0.0269. The number of carbonyl (C=O) groups is 4. The molecule has 0 radical (unpaired) electrons. The Kier molecular flexibility index (Phi) is 11.0. The highest BCUT2D eigenvalue weighted by Gasteiger charge is 2.76. The average molecular weight is 712 g/mol. The Labute approximate surface area is 302 Å². The van der Waals surface area contributed by atoms with Gasteiger partial charge in [0.2, 0.25) is 11.8 Å². The number of nitrogens with one attached hydrogen (secondary N) is 1. The van der Waals surface area contributed by atoms with Gasteiger partial charge in [-0.2, -0.15) is 0 Å². The lowest BCUT2D eigenvalue weighted by atomic mass is 9.70. The number of allylic oxidation sites excluding steroid dienone is 1. The van der Waals surface area contributed by atoms with Crippen molar-refractivity contribution in [3.8, 4) is 0 Å². The number of rotatable bonds is 15. The second-order valence-electron chi connectivity index (χ2n) is 13.1. The molecule has 0 unspecified atom stereocenters. The zero-order valence-electron chi connectivity index (χ0n) is 28.2. The Morgan fingerprint density at radius 3 is 2.31 bits per heavy atom. The first-order chi connectivity index (χ1) is 24.7. The van der Waals surface area contributed by atoms with E-state index in [1.165, 1.54) is 9.80 Å². The number of aliphatic hydroxyl groups is 1. The van der Waals surface area contributed by atoms with Crippen LogP contribution in [-0.4, -0.2) is 71.1 Å². The standard InChI is InChI=1S/C40H42ClN3O7/c1-3-5-16-33(46)42-24-32(27-14-10-7-11-15-27)50-39(49)34-31-21-22-40(51-31)35(34)37(47)44(30(25-45)26-12-8-6-9-13-26)36(40)38(48)43(23-4-2)29-19-17-28(41)18-20-29/h3-4,6-15,17-20,30-32,34-36,45H,1-2,5,16,21-25H2,(H,42,46)/t30-,31-,32-,34+,35+,36-,40+/m1/s1. The van der Waals surface area contributed by atoms with E-state index in [4.69, 9.17) is 21.1 Å². The van der Waals surface area contributed by atoms with E-state index in [9.17, 15) is 24.3 Å². The van der Waals surface area contributed by atoms with Gasteiger partial charge < -0.3 is 29.7 Å². The van der Waals surface area contributed by atoms with Crippen LogP contribution in [0.25, 0.3) is 0 Å². The zero-order chi connectivity index (χ0) is 36.1. The number of anilines is 1. The van der Waals surface area contributed by atoms with Crippen LogP contribution in [0.15, 0.2) is 110 Å². The number of amides is 3. The molecular formula is C40H42ClN3O7. The summed E-state index contributed by atoms with van der Waals surface area (Å²) in [6, 6.07) is 22.8. The van der Waals surface area contributed by atoms with E-state index in [0.29, 0.717) is 41.1 Å². The molecule has 3 heterocycles. The number of carbonyl (C=O) groups excluding carboxylic acids is 4. The van der Waals surface area contributed by atoms with E-state index in [-0.39, 0.29) is 25.4 Å². The smallest absolute Gasteiger partial charge is 0.313 e. The molecule has 3 aromatic carbocycles. The zero-order valence-corrected chi connectivity index (χ0v) is 29.0. The van der Waals surface area contributed by atoms with Crippen LogP contribution in [0, 0.1) is 11.8 Å². The number of ether oxygens (including phenoxy) is 2. The first-order valence-corrected chi connectivity index (χ1v) is 17.6. The van der Waals surface area contributed by atoms with Crippen LogP contribution in [0.1, 0.15) is 49.0 Å². The number of fused-ring (bicyclic) bond motifs is 1. The van der Waals surface area contributed by atoms with Gasteiger partial charge in [0.05, 0.1) is 37.1 Å². The average Bonchev–Trinajstić information content (AvgIpc) is 3.80. The van der Waals surface area contributed by atoms with Crippen molar-refractivity contribution in [1.82, 2.24) is 10.2 Å². The van der Waals surface area contributed by atoms with Gasteiger partial charge in [-0.3, -0.25) is 19.2 Å². The molecule has 0 saturated carbocycles. The maximum absolute atomic E-state index is 14.9. The summed E-state index contributed by atoms with van der Waals surface area (Å²) in [6.45, 7) is 7.21. The molecule has 3 saturated heterocycles. The number of hydrogen-bond acceptors (Lipinski definition) is 7. The van der Waals surface area contributed by atoms with Crippen LogP contribution in [0.4, 0.5) is 5.69 Å². The Bertz CT molecular complexity index is 1750. The minimum Gasteiger partial charge on any atom is -0.455 e. The van der Waals surface area contributed by atoms with Crippen molar-refractivity contribution in [2.24, 2.45) is 11.8 Å². The highest BCUT2D eigenvalue weighted by Crippen LogP contribution is 2.60. The fraction of sp³-hybridized carbons (Fsp3) is 0.350. The summed E-state index contributed by atoms with van der Waals surface area (Å²) in [4.78, 5) is 59.6. The molecule has 11 heteroatoms. The van der Waals surface area contributed by atoms with Gasteiger partial charge in [0, 0.05) is 23.7 Å². The van der Waals surface area contributed by atoms with Gasteiger partial charge in [-0.05, 0) is 54.7 Å². The molecule has 1 spiro atoms. The largest absolute Gasteiger partial charge is 0.455 e. The Morgan fingerprint density at radius 1 is 1.02 bits per heavy atom. The summed E-state index contributed by atoms with van der Waals surface area (Å²) in [6.07, 6.45) is 3.26. The first kappa shape index (κ1) is 36.0. The second-order valence-corrected chi connectivity index (χ2v) is 13.5. The summed E-state index contributed by atoms with van der Waals surface area (Å²) in [7, 11) is 0. The van der Waals surface area contributed by atoms with Crippen molar-refractivity contribution >= 4 is 41.0 Å². The van der Waals surface area contributed by atoms with Gasteiger partial charge in [0.1, 0.15) is 17.7 Å². The van der Waals surface area contributed by atoms with E-state index in [1.54, 1.807) is 72.8 Å². The number of hydrogen-bond donors (Lipinski definition) is 2. The van der Waals surface area contributed by atoms with Crippen molar-refractivity contribution in [2.45, 2.75) is 55.6 Å². The van der Waals surface area contributed by atoms with E-state index >= 15 is 0 Å². The topological polar surface area (TPSA) is 125 Å². The predicted octanol–water partition coefficient (Wildman–Crippen LogP) is 5.33. The van der Waals surface area contributed by atoms with Gasteiger partial charge in [-0.15, -0.1) is 13.2 Å². The summed E-state index contributed by atoms with van der Waals surface area (Å²) in [5, 5.41) is 14.2. The summed E-state index contributed by atoms with van der Waals surface area (Å²) in [5.74, 6) is -3.83. The van der Waals surface area contributed by atoms with Crippen LogP contribution >= 0.6 is 11.6 Å². The number of esters is 1. The van der Waals surface area contributed by atoms with Crippen molar-refractivity contribution < 1.29 is 33.8 Å². The molecule has 51 heavy (non-hydrogen) atoms. The highest BCUT2D eigenvalue weighted by atomic mass is 35.5. The number of halogens is 1. The van der Waals surface area contributed by atoms with Gasteiger partial charge in [-0.1, -0.05) is 84.4 Å². The van der Waals surface area contributed by atoms with Crippen molar-refractivity contribution in [2.75, 3.05) is 24.6 Å². The summed E-state index contributed by atoms with van der Waals surface area (Å²) in [5.41, 5.74) is 0.488. The highest BCUT2D eigenvalue weighted by molar-refractivity contribution is 6.30. The molecule has 0 aromatic heterocycles. The maximum atomic E-state index is 14.9. The fourth-order valence-electron chi connectivity index (χ4n) is 7.87. The van der Waals surface area contributed by atoms with Gasteiger partial charge in [0.15, 0.2) is 0 Å². The molecule has 3 amide bonds. The third-order valence-corrected chi connectivity index (χ3v) is 10.4. The van der Waals surface area contributed by atoms with Crippen molar-refractivity contribution in [3.05, 3.63) is 126 Å². The van der Waals surface area contributed by atoms with Gasteiger partial charge in [0.25, 0.3) is 5.91 Å². The molecule has 3 fully saturated rings. The lowest BCUT2D eigenvalue weighted by Gasteiger charge is -2.39. The Hall–Kier alpha value is -4.77. The lowest BCUT2D eigenvalue weighted by Crippen LogP contribution is -2.57. The third kappa shape index (κ3) is 6.96. The quantitative estimate of drug-likeness (QED) is 0.161. The van der Waals surface area contributed by atoms with Crippen molar-refractivity contribution in [1.29, 1.82) is 0 Å². The molecule has 3 aliphatic rings. The number of nitrogens with zero attached hydrogens (tertiary/aromatic N) is 2. The predicted molar refractivity (Wildman–Crippen MR) is 192 cm³/mol. The van der Waals surface area contributed by atoms with E-state index in [1.807, 2.05) is 24.3 Å². The Morgan fingerprint density at radius 2 is 1.69 bits per heavy atom. The number of aliphatic hydroxyl groups excluding tert-OH is 1. The molecule has 0 aliphatic carbocycles. The summed E-state index contributed by atoms with van der Waals surface area (Å²) >= 11 is 6.18. The van der Waals surface area contributed by atoms with Gasteiger partial charge in [-0.25, -0.2) is 0 Å². The van der Waals surface area contributed by atoms with Gasteiger partial charge >= 0.3 is 5.97 Å². The van der Waals surface area contributed by atoms with Crippen LogP contribution in [-0.2, 0) is 28.7 Å². The molecule has 2 bridgehead atoms. The monoisotopic (exact) mass is 711 g/mol. The number of benzene rings is 3. The molecular weight excluding hydrogens is 670 g/mol.